The topological polar surface area (TPSA) is 38.9 Å². The summed E-state index contributed by atoms with van der Waals surface area (Å²) in [6.45, 7) is 2.86. The molecule has 1 aliphatic carbocycles. The second-order valence-electron chi connectivity index (χ2n) is 6.15. The zero-order valence-corrected chi connectivity index (χ0v) is 14.8. The smallest absolute Gasteiger partial charge is 0.199 e. The average Bonchev–Trinajstić information content (AvgIpc) is 3.20. The maximum atomic E-state index is 5.54. The van der Waals surface area contributed by atoms with Gasteiger partial charge in [0.1, 0.15) is 11.3 Å². The van der Waals surface area contributed by atoms with Crippen molar-refractivity contribution >= 4 is 33.8 Å². The molecule has 0 spiro atoms. The highest BCUT2D eigenvalue weighted by molar-refractivity contribution is 7.71. The summed E-state index contributed by atoms with van der Waals surface area (Å²) in [4.78, 5) is 6.99. The Morgan fingerprint density at radius 2 is 2.17 bits per heavy atom. The minimum absolute atomic E-state index is 0.223. The van der Waals surface area contributed by atoms with Crippen LogP contribution >= 0.6 is 23.6 Å². The van der Waals surface area contributed by atoms with Crippen LogP contribution in [0.15, 0.2) is 30.6 Å². The third-order valence-electron chi connectivity index (χ3n) is 4.38. The molecule has 2 heterocycles. The fourth-order valence-corrected chi connectivity index (χ4v) is 4.03. The Kier molecular flexibility index (Phi) is 3.79. The molecule has 1 aromatic carbocycles. The van der Waals surface area contributed by atoms with Gasteiger partial charge < -0.3 is 4.57 Å². The van der Waals surface area contributed by atoms with Gasteiger partial charge in [0, 0.05) is 6.04 Å². The van der Waals surface area contributed by atoms with Crippen LogP contribution in [-0.4, -0.2) is 31.3 Å². The van der Waals surface area contributed by atoms with E-state index in [2.05, 4.69) is 46.7 Å². The van der Waals surface area contributed by atoms with Crippen LogP contribution in [0, 0.1) is 4.77 Å². The van der Waals surface area contributed by atoms with Crippen LogP contribution in [0.5, 0.6) is 0 Å². The minimum Gasteiger partial charge on any atom is -0.303 e. The van der Waals surface area contributed by atoms with E-state index in [1.165, 1.54) is 17.5 Å². The van der Waals surface area contributed by atoms with Crippen LogP contribution in [-0.2, 0) is 6.67 Å². The molecular weight excluding hydrogens is 326 g/mol. The number of fused-ring (bicyclic) bond motifs is 1. The molecule has 0 bridgehead atoms. The van der Waals surface area contributed by atoms with E-state index in [9.17, 15) is 0 Å². The molecule has 2 aromatic heterocycles. The Hall–Kier alpha value is -1.57. The number of hydrogen-bond donors (Lipinski definition) is 0. The molecular formula is C16H19N5S2. The first-order chi connectivity index (χ1) is 11.1. The molecule has 23 heavy (non-hydrogen) atoms. The molecule has 0 N–H and O–H groups in total. The van der Waals surface area contributed by atoms with Crippen LogP contribution < -0.4 is 0 Å². The van der Waals surface area contributed by atoms with Gasteiger partial charge in [0.15, 0.2) is 4.77 Å². The molecule has 0 aliphatic heterocycles. The highest BCUT2D eigenvalue weighted by atomic mass is 32.1. The van der Waals surface area contributed by atoms with Crippen molar-refractivity contribution in [2.24, 2.45) is 0 Å². The van der Waals surface area contributed by atoms with E-state index in [0.29, 0.717) is 12.7 Å². The van der Waals surface area contributed by atoms with E-state index < -0.39 is 0 Å². The van der Waals surface area contributed by atoms with Gasteiger partial charge in [0.25, 0.3) is 0 Å². The third kappa shape index (κ3) is 2.84. The molecule has 5 nitrogen and oxygen atoms in total. The van der Waals surface area contributed by atoms with Crippen LogP contribution in [0.1, 0.15) is 36.9 Å². The second kappa shape index (κ2) is 5.81. The molecule has 1 aliphatic rings. The zero-order chi connectivity index (χ0) is 16.0. The molecule has 4 rings (SSSR count). The summed E-state index contributed by atoms with van der Waals surface area (Å²) < 4.78 is 6.07. The van der Waals surface area contributed by atoms with Crippen molar-refractivity contribution in [3.05, 3.63) is 40.4 Å². The molecule has 1 atom stereocenters. The Balaban J connectivity index is 1.53. The highest BCUT2D eigenvalue weighted by Crippen LogP contribution is 2.35. The van der Waals surface area contributed by atoms with Crippen LogP contribution in [0.4, 0.5) is 0 Å². The van der Waals surface area contributed by atoms with Crippen molar-refractivity contribution in [3.8, 4) is 0 Å². The fraction of sp³-hybridized carbons (Fsp3) is 0.438. The summed E-state index contributed by atoms with van der Waals surface area (Å²) in [6.07, 6.45) is 4.31. The molecule has 7 heteroatoms. The van der Waals surface area contributed by atoms with E-state index in [-0.39, 0.29) is 6.04 Å². The molecule has 1 unspecified atom stereocenters. The lowest BCUT2D eigenvalue weighted by atomic mass is 10.3. The number of benzene rings is 1. The summed E-state index contributed by atoms with van der Waals surface area (Å²) in [6, 6.07) is 9.07. The highest BCUT2D eigenvalue weighted by Gasteiger charge is 2.25. The summed E-state index contributed by atoms with van der Waals surface area (Å²) >= 11 is 7.29. The third-order valence-corrected chi connectivity index (χ3v) is 6.01. The van der Waals surface area contributed by atoms with Gasteiger partial charge in [-0.15, -0.1) is 11.3 Å². The van der Waals surface area contributed by atoms with Crippen LogP contribution in [0.25, 0.3) is 10.2 Å². The molecule has 0 saturated heterocycles. The van der Waals surface area contributed by atoms with Gasteiger partial charge in [-0.05, 0) is 51.2 Å². The Morgan fingerprint density at radius 1 is 1.39 bits per heavy atom. The van der Waals surface area contributed by atoms with Crippen molar-refractivity contribution in [1.29, 1.82) is 0 Å². The average molecular weight is 345 g/mol. The van der Waals surface area contributed by atoms with Gasteiger partial charge in [0.05, 0.1) is 22.9 Å². The standard InChI is InChI=1S/C16H19N5S2/c1-11(15-18-13-5-3-4-6-14(13)23-15)19(2)10-21-16(22)20(9-17-21)12-7-8-12/h3-6,9,11-12H,7-8,10H2,1-2H3. The Bertz CT molecular complexity index is 856. The van der Waals surface area contributed by atoms with E-state index in [1.807, 2.05) is 17.1 Å². The number of aromatic nitrogens is 4. The van der Waals surface area contributed by atoms with Gasteiger partial charge in [-0.3, -0.25) is 4.90 Å². The van der Waals surface area contributed by atoms with Gasteiger partial charge in [-0.25, -0.2) is 9.67 Å². The van der Waals surface area contributed by atoms with Gasteiger partial charge in [0.2, 0.25) is 0 Å². The van der Waals surface area contributed by atoms with E-state index in [1.54, 1.807) is 11.3 Å². The van der Waals surface area contributed by atoms with Crippen LogP contribution in [0.3, 0.4) is 0 Å². The summed E-state index contributed by atoms with van der Waals surface area (Å²) in [5, 5.41) is 5.58. The van der Waals surface area contributed by atoms with Crippen molar-refractivity contribution in [2.75, 3.05) is 7.05 Å². The van der Waals surface area contributed by atoms with Crippen molar-refractivity contribution in [2.45, 2.75) is 38.5 Å². The molecule has 1 saturated carbocycles. The predicted octanol–water partition coefficient (Wildman–Crippen LogP) is 4.01. The first-order valence-electron chi connectivity index (χ1n) is 7.83. The molecule has 120 valence electrons. The largest absolute Gasteiger partial charge is 0.303 e. The predicted molar refractivity (Wildman–Crippen MR) is 95.1 cm³/mol. The van der Waals surface area contributed by atoms with Crippen molar-refractivity contribution in [1.82, 2.24) is 24.2 Å². The lowest BCUT2D eigenvalue weighted by Gasteiger charge is -2.22. The number of hydrogen-bond acceptors (Lipinski definition) is 5. The Labute approximate surface area is 144 Å². The zero-order valence-electron chi connectivity index (χ0n) is 13.2. The minimum atomic E-state index is 0.223. The van der Waals surface area contributed by atoms with E-state index >= 15 is 0 Å². The van der Waals surface area contributed by atoms with Gasteiger partial charge >= 0.3 is 0 Å². The summed E-state index contributed by atoms with van der Waals surface area (Å²) in [5.74, 6) is 0. The number of thiazole rings is 1. The number of rotatable bonds is 5. The normalized spacial score (nSPS) is 16.3. The van der Waals surface area contributed by atoms with E-state index in [4.69, 9.17) is 17.2 Å². The summed E-state index contributed by atoms with van der Waals surface area (Å²) in [7, 11) is 2.09. The number of para-hydroxylation sites is 1. The first kappa shape index (κ1) is 15.0. The fourth-order valence-electron chi connectivity index (χ4n) is 2.64. The second-order valence-corrected chi connectivity index (χ2v) is 7.57. The van der Waals surface area contributed by atoms with Crippen molar-refractivity contribution in [3.63, 3.8) is 0 Å². The maximum absolute atomic E-state index is 5.54. The lowest BCUT2D eigenvalue weighted by molar-refractivity contribution is 0.194. The number of nitrogens with zero attached hydrogens (tertiary/aromatic N) is 5. The van der Waals surface area contributed by atoms with Gasteiger partial charge in [-0.1, -0.05) is 12.1 Å². The molecule has 0 amide bonds. The van der Waals surface area contributed by atoms with E-state index in [0.717, 1.165) is 15.3 Å². The first-order valence-corrected chi connectivity index (χ1v) is 9.05. The quantitative estimate of drug-likeness (QED) is 0.655. The SMILES string of the molecule is CC(c1nc2ccccc2s1)N(C)Cn1ncn(C2CC2)c1=S. The lowest BCUT2D eigenvalue weighted by Crippen LogP contribution is -2.26. The Morgan fingerprint density at radius 3 is 2.91 bits per heavy atom. The van der Waals surface area contributed by atoms with Crippen LogP contribution in [0.2, 0.25) is 0 Å². The maximum Gasteiger partial charge on any atom is 0.199 e. The van der Waals surface area contributed by atoms with Gasteiger partial charge in [-0.2, -0.15) is 5.10 Å². The monoisotopic (exact) mass is 345 g/mol. The summed E-state index contributed by atoms with van der Waals surface area (Å²) in [5.41, 5.74) is 1.07. The van der Waals surface area contributed by atoms with Crippen molar-refractivity contribution < 1.29 is 0 Å². The molecule has 0 radical (unpaired) electrons. The molecule has 3 aromatic rings. The molecule has 1 fully saturated rings.